The zero-order valence-electron chi connectivity index (χ0n) is 10.5. The Morgan fingerprint density at radius 3 is 2.53 bits per heavy atom. The van der Waals surface area contributed by atoms with Gasteiger partial charge in [0.25, 0.3) is 0 Å². The number of carbonyl (C=O) groups excluding carboxylic acids is 1. The summed E-state index contributed by atoms with van der Waals surface area (Å²) in [5, 5.41) is 9.25. The lowest BCUT2D eigenvalue weighted by Gasteiger charge is -2.28. The molecule has 0 saturated carbocycles. The van der Waals surface area contributed by atoms with E-state index in [4.69, 9.17) is 0 Å². The number of hydrogen-bond donors (Lipinski definition) is 2. The van der Waals surface area contributed by atoms with Crippen LogP contribution in [0, 0.1) is 0 Å². The van der Waals surface area contributed by atoms with Crippen LogP contribution in [0.15, 0.2) is 30.3 Å². The smallest absolute Gasteiger partial charge is 0.326 e. The minimum Gasteiger partial charge on any atom is -0.480 e. The van der Waals surface area contributed by atoms with Gasteiger partial charge in [0.1, 0.15) is 6.04 Å². The zero-order chi connectivity index (χ0) is 13.8. The number of carboxylic acids is 1. The van der Waals surface area contributed by atoms with Crippen LogP contribution >= 0.6 is 12.6 Å². The third kappa shape index (κ3) is 2.92. The summed E-state index contributed by atoms with van der Waals surface area (Å²) in [4.78, 5) is 25.0. The first-order valence-corrected chi connectivity index (χ1v) is 6.98. The monoisotopic (exact) mass is 279 g/mol. The fourth-order valence-corrected chi connectivity index (χ4v) is 2.82. The summed E-state index contributed by atoms with van der Waals surface area (Å²) in [6.07, 6.45) is 1.47. The third-order valence-corrected chi connectivity index (χ3v) is 3.69. The van der Waals surface area contributed by atoms with Gasteiger partial charge in [0.15, 0.2) is 0 Å². The van der Waals surface area contributed by atoms with E-state index in [-0.39, 0.29) is 18.4 Å². The van der Waals surface area contributed by atoms with E-state index in [1.807, 2.05) is 30.3 Å². The van der Waals surface area contributed by atoms with Crippen molar-refractivity contribution in [3.63, 3.8) is 0 Å². The maximum absolute atomic E-state index is 12.2. The standard InChI is InChI=1S/C14H17NO3S/c16-13(8-9-19)15-11(6-7-12(15)14(17)18)10-4-2-1-3-5-10/h1-5,11-12,19H,6-9H2,(H,17,18)/t11-,12+/m1/s1. The first-order chi connectivity index (χ1) is 9.15. The molecule has 0 spiro atoms. The van der Waals surface area contributed by atoms with Crippen LogP contribution in [-0.2, 0) is 9.59 Å². The Labute approximate surface area is 117 Å². The topological polar surface area (TPSA) is 57.6 Å². The lowest BCUT2D eigenvalue weighted by molar-refractivity contribution is -0.149. The highest BCUT2D eigenvalue weighted by atomic mass is 32.1. The molecule has 4 nitrogen and oxygen atoms in total. The SMILES string of the molecule is O=C(O)[C@@H]1CC[C@H](c2ccccc2)N1C(=O)CCS. The molecule has 5 heteroatoms. The van der Waals surface area contributed by atoms with Gasteiger partial charge in [-0.05, 0) is 24.2 Å². The molecule has 0 aromatic heterocycles. The van der Waals surface area contributed by atoms with Gasteiger partial charge >= 0.3 is 5.97 Å². The lowest BCUT2D eigenvalue weighted by atomic mass is 10.0. The van der Waals surface area contributed by atoms with E-state index in [1.165, 1.54) is 4.90 Å². The van der Waals surface area contributed by atoms with Crippen LogP contribution in [0.1, 0.15) is 30.9 Å². The average Bonchev–Trinajstić information content (AvgIpc) is 2.85. The summed E-state index contributed by atoms with van der Waals surface area (Å²) in [6, 6.07) is 8.76. The lowest BCUT2D eigenvalue weighted by Crippen LogP contribution is -2.41. The van der Waals surface area contributed by atoms with Crippen LogP contribution in [0.5, 0.6) is 0 Å². The van der Waals surface area contributed by atoms with Crippen LogP contribution < -0.4 is 0 Å². The molecule has 0 unspecified atom stereocenters. The van der Waals surface area contributed by atoms with Crippen molar-refractivity contribution in [1.29, 1.82) is 0 Å². The number of rotatable bonds is 4. The molecular formula is C14H17NO3S. The minimum absolute atomic E-state index is 0.130. The maximum atomic E-state index is 12.2. The van der Waals surface area contributed by atoms with E-state index < -0.39 is 12.0 Å². The van der Waals surface area contributed by atoms with Crippen molar-refractivity contribution in [3.05, 3.63) is 35.9 Å². The summed E-state index contributed by atoms with van der Waals surface area (Å²) in [5.41, 5.74) is 0.999. The van der Waals surface area contributed by atoms with Crippen molar-refractivity contribution in [3.8, 4) is 0 Å². The Hall–Kier alpha value is -1.49. The van der Waals surface area contributed by atoms with E-state index in [2.05, 4.69) is 12.6 Å². The molecule has 0 bridgehead atoms. The molecule has 1 aromatic carbocycles. The van der Waals surface area contributed by atoms with Crippen molar-refractivity contribution in [2.24, 2.45) is 0 Å². The summed E-state index contributed by atoms with van der Waals surface area (Å²) in [5.74, 6) is -0.622. The molecule has 1 aromatic rings. The van der Waals surface area contributed by atoms with Crippen LogP contribution in [0.25, 0.3) is 0 Å². The normalized spacial score (nSPS) is 22.5. The number of carboxylic acid groups (broad SMARTS) is 1. The second kappa shape index (κ2) is 6.10. The molecule has 1 aliphatic rings. The molecule has 2 rings (SSSR count). The summed E-state index contributed by atoms with van der Waals surface area (Å²) in [7, 11) is 0. The fourth-order valence-electron chi connectivity index (χ4n) is 2.63. The molecule has 0 aliphatic carbocycles. The van der Waals surface area contributed by atoms with Gasteiger partial charge in [0.05, 0.1) is 6.04 Å². The molecule has 1 aliphatic heterocycles. The summed E-state index contributed by atoms with van der Waals surface area (Å²) in [6.45, 7) is 0. The molecule has 1 amide bonds. The Morgan fingerprint density at radius 2 is 1.95 bits per heavy atom. The van der Waals surface area contributed by atoms with E-state index in [1.54, 1.807) is 0 Å². The van der Waals surface area contributed by atoms with Crippen LogP contribution in [0.3, 0.4) is 0 Å². The number of thiol groups is 1. The van der Waals surface area contributed by atoms with Gasteiger partial charge in [-0.1, -0.05) is 30.3 Å². The molecule has 1 saturated heterocycles. The third-order valence-electron chi connectivity index (χ3n) is 3.47. The molecular weight excluding hydrogens is 262 g/mol. The van der Waals surface area contributed by atoms with E-state index >= 15 is 0 Å². The minimum atomic E-state index is -0.925. The van der Waals surface area contributed by atoms with Gasteiger partial charge in [-0.2, -0.15) is 12.6 Å². The van der Waals surface area contributed by atoms with Crippen LogP contribution in [-0.4, -0.2) is 33.7 Å². The number of amides is 1. The molecule has 19 heavy (non-hydrogen) atoms. The van der Waals surface area contributed by atoms with Crippen LogP contribution in [0.2, 0.25) is 0 Å². The van der Waals surface area contributed by atoms with Gasteiger partial charge in [-0.25, -0.2) is 4.79 Å². The van der Waals surface area contributed by atoms with Gasteiger partial charge in [0, 0.05) is 6.42 Å². The molecule has 1 N–H and O–H groups in total. The highest BCUT2D eigenvalue weighted by Crippen LogP contribution is 2.36. The Kier molecular flexibility index (Phi) is 4.47. The average molecular weight is 279 g/mol. The summed E-state index contributed by atoms with van der Waals surface area (Å²) >= 11 is 4.06. The first kappa shape index (κ1) is 13.9. The van der Waals surface area contributed by atoms with E-state index in [0.29, 0.717) is 18.6 Å². The second-order valence-corrected chi connectivity index (χ2v) is 5.08. The van der Waals surface area contributed by atoms with Gasteiger partial charge in [-0.15, -0.1) is 0 Å². The van der Waals surface area contributed by atoms with Gasteiger partial charge in [0.2, 0.25) is 5.91 Å². The molecule has 102 valence electrons. The van der Waals surface area contributed by atoms with Crippen molar-refractivity contribution < 1.29 is 14.7 Å². The molecule has 0 radical (unpaired) electrons. The fraction of sp³-hybridized carbons (Fsp3) is 0.429. The highest BCUT2D eigenvalue weighted by molar-refractivity contribution is 7.80. The molecule has 1 fully saturated rings. The van der Waals surface area contributed by atoms with E-state index in [9.17, 15) is 14.7 Å². The summed E-state index contributed by atoms with van der Waals surface area (Å²) < 4.78 is 0. The van der Waals surface area contributed by atoms with Crippen molar-refractivity contribution >= 4 is 24.5 Å². The van der Waals surface area contributed by atoms with E-state index in [0.717, 1.165) is 5.56 Å². The van der Waals surface area contributed by atoms with Crippen LogP contribution in [0.4, 0.5) is 0 Å². The highest BCUT2D eigenvalue weighted by Gasteiger charge is 2.40. The number of carbonyl (C=O) groups is 2. The van der Waals surface area contributed by atoms with Crippen molar-refractivity contribution in [1.82, 2.24) is 4.90 Å². The Bertz CT molecular complexity index is 463. The van der Waals surface area contributed by atoms with Crippen molar-refractivity contribution in [2.75, 3.05) is 5.75 Å². The first-order valence-electron chi connectivity index (χ1n) is 6.35. The maximum Gasteiger partial charge on any atom is 0.326 e. The predicted molar refractivity (Wildman–Crippen MR) is 75.2 cm³/mol. The largest absolute Gasteiger partial charge is 0.480 e. The number of hydrogen-bond acceptors (Lipinski definition) is 3. The molecule has 1 heterocycles. The zero-order valence-corrected chi connectivity index (χ0v) is 11.4. The van der Waals surface area contributed by atoms with Gasteiger partial charge < -0.3 is 10.0 Å². The number of likely N-dealkylation sites (tertiary alicyclic amines) is 1. The second-order valence-electron chi connectivity index (χ2n) is 4.63. The quantitative estimate of drug-likeness (QED) is 0.830. The van der Waals surface area contributed by atoms with Crippen molar-refractivity contribution in [2.45, 2.75) is 31.3 Å². The number of nitrogens with zero attached hydrogens (tertiary/aromatic N) is 1. The number of benzene rings is 1. The molecule has 2 atom stereocenters. The Balaban J connectivity index is 2.28. The Morgan fingerprint density at radius 1 is 1.26 bits per heavy atom. The number of aliphatic carboxylic acids is 1. The van der Waals surface area contributed by atoms with Gasteiger partial charge in [-0.3, -0.25) is 4.79 Å². The predicted octanol–water partition coefficient (Wildman–Crippen LogP) is 2.12.